The Morgan fingerprint density at radius 2 is 0.523 bits per heavy atom. The molecule has 0 aromatic carbocycles. The van der Waals surface area contributed by atoms with Gasteiger partial charge < -0.3 is 33.8 Å². The maximum atomic E-state index is 13.0. The summed E-state index contributed by atoms with van der Waals surface area (Å²) in [6.45, 7) is 9.48. The average Bonchev–Trinajstić information content (AvgIpc) is 3.59. The van der Waals surface area contributed by atoms with Crippen molar-refractivity contribution in [3.8, 4) is 0 Å². The number of hydrogen-bond acceptors (Lipinski definition) is 15. The van der Waals surface area contributed by atoms with E-state index in [1.807, 2.05) is 0 Å². The first-order valence-corrected chi connectivity index (χ1v) is 39.0. The fourth-order valence-electron chi connectivity index (χ4n) is 10.4. The predicted octanol–water partition coefficient (Wildman–Crippen LogP) is 19.6. The van der Waals surface area contributed by atoms with Crippen LogP contribution >= 0.6 is 15.6 Å². The van der Waals surface area contributed by atoms with E-state index in [0.717, 1.165) is 102 Å². The van der Waals surface area contributed by atoms with Gasteiger partial charge in [0.25, 0.3) is 0 Å². The topological polar surface area (TPSA) is 237 Å². The van der Waals surface area contributed by atoms with Crippen LogP contribution in [0.1, 0.15) is 350 Å². The number of phosphoric acid groups is 2. The van der Waals surface area contributed by atoms with Crippen LogP contribution in [-0.4, -0.2) is 96.7 Å². The Bertz CT molecular complexity index is 1720. The number of ether oxygens (including phenoxy) is 4. The van der Waals surface area contributed by atoms with Gasteiger partial charge in [-0.2, -0.15) is 0 Å². The number of unbranched alkanes of at least 4 members (excludes halogenated alkanes) is 38. The van der Waals surface area contributed by atoms with Gasteiger partial charge in [-0.1, -0.05) is 298 Å². The molecule has 0 fully saturated rings. The molecule has 0 radical (unpaired) electrons. The van der Waals surface area contributed by atoms with Crippen LogP contribution in [0.5, 0.6) is 0 Å². The van der Waals surface area contributed by atoms with Crippen LogP contribution in [0.15, 0.2) is 0 Å². The van der Waals surface area contributed by atoms with Crippen molar-refractivity contribution in [2.24, 2.45) is 11.8 Å². The summed E-state index contributed by atoms with van der Waals surface area (Å²) in [4.78, 5) is 72.5. The third-order valence-corrected chi connectivity index (χ3v) is 17.9. The van der Waals surface area contributed by atoms with Crippen LogP contribution in [0.4, 0.5) is 0 Å². The molecule has 5 atom stereocenters. The van der Waals surface area contributed by atoms with Gasteiger partial charge in [0.2, 0.25) is 0 Å². The predicted molar refractivity (Wildman–Crippen MR) is 354 cm³/mol. The van der Waals surface area contributed by atoms with E-state index in [0.29, 0.717) is 25.7 Å². The zero-order valence-electron chi connectivity index (χ0n) is 57.0. The van der Waals surface area contributed by atoms with Gasteiger partial charge in [0.1, 0.15) is 19.3 Å². The second-order valence-corrected chi connectivity index (χ2v) is 28.8. The van der Waals surface area contributed by atoms with Crippen molar-refractivity contribution >= 4 is 39.5 Å². The highest BCUT2D eigenvalue weighted by atomic mass is 31.2. The minimum atomic E-state index is -4.95. The quantitative estimate of drug-likeness (QED) is 0.0222. The number of phosphoric ester groups is 2. The van der Waals surface area contributed by atoms with Gasteiger partial charge >= 0.3 is 39.5 Å². The van der Waals surface area contributed by atoms with Crippen LogP contribution in [-0.2, 0) is 65.4 Å². The van der Waals surface area contributed by atoms with Crippen LogP contribution in [0.2, 0.25) is 0 Å². The molecule has 0 heterocycles. The number of carbonyl (C=O) groups excluding carboxylic acids is 4. The van der Waals surface area contributed by atoms with Gasteiger partial charge in [-0.05, 0) is 37.5 Å². The molecule has 0 aromatic rings. The van der Waals surface area contributed by atoms with E-state index in [-0.39, 0.29) is 25.7 Å². The Hall–Kier alpha value is -1.94. The molecule has 0 aromatic heterocycles. The first-order valence-electron chi connectivity index (χ1n) is 36.0. The van der Waals surface area contributed by atoms with Crippen molar-refractivity contribution < 1.29 is 80.2 Å². The molecule has 0 aliphatic rings. The fourth-order valence-corrected chi connectivity index (χ4v) is 12.0. The molecule has 0 aliphatic heterocycles. The molecule has 0 bridgehead atoms. The molecule has 0 saturated carbocycles. The summed E-state index contributed by atoms with van der Waals surface area (Å²) in [5.41, 5.74) is 0. The molecule has 0 amide bonds. The van der Waals surface area contributed by atoms with E-state index < -0.39 is 97.5 Å². The van der Waals surface area contributed by atoms with Gasteiger partial charge in [-0.25, -0.2) is 9.13 Å². The van der Waals surface area contributed by atoms with E-state index in [1.165, 1.54) is 167 Å². The molecular weight excluding hydrogens is 1160 g/mol. The lowest BCUT2D eigenvalue weighted by Gasteiger charge is -2.21. The summed E-state index contributed by atoms with van der Waals surface area (Å²) >= 11 is 0. The molecule has 2 unspecified atom stereocenters. The minimum absolute atomic E-state index is 0.105. The maximum Gasteiger partial charge on any atom is 0.472 e. The first kappa shape index (κ1) is 86.1. The lowest BCUT2D eigenvalue weighted by Crippen LogP contribution is -2.30. The molecule has 0 aliphatic carbocycles. The number of carbonyl (C=O) groups is 4. The molecule has 0 rings (SSSR count). The van der Waals surface area contributed by atoms with Crippen LogP contribution in [0.3, 0.4) is 0 Å². The van der Waals surface area contributed by atoms with E-state index in [4.69, 9.17) is 37.0 Å². The monoisotopic (exact) mass is 1300 g/mol. The lowest BCUT2D eigenvalue weighted by molar-refractivity contribution is -0.161. The molecule has 0 saturated heterocycles. The summed E-state index contributed by atoms with van der Waals surface area (Å²) in [6.07, 6.45) is 45.8. The van der Waals surface area contributed by atoms with Gasteiger partial charge in [-0.15, -0.1) is 0 Å². The van der Waals surface area contributed by atoms with E-state index in [2.05, 4.69) is 41.5 Å². The highest BCUT2D eigenvalue weighted by molar-refractivity contribution is 7.47. The normalized spacial score (nSPS) is 14.2. The summed E-state index contributed by atoms with van der Waals surface area (Å²) in [7, 11) is -9.90. The molecule has 3 N–H and O–H groups in total. The van der Waals surface area contributed by atoms with Crippen LogP contribution in [0, 0.1) is 11.8 Å². The van der Waals surface area contributed by atoms with Crippen LogP contribution in [0.25, 0.3) is 0 Å². The second-order valence-electron chi connectivity index (χ2n) is 25.9. The average molecular weight is 1300 g/mol. The number of esters is 4. The summed E-state index contributed by atoms with van der Waals surface area (Å²) < 4.78 is 68.2. The van der Waals surface area contributed by atoms with Gasteiger partial charge in [0, 0.05) is 25.7 Å². The van der Waals surface area contributed by atoms with Crippen molar-refractivity contribution in [2.75, 3.05) is 39.6 Å². The highest BCUT2D eigenvalue weighted by Gasteiger charge is 2.30. The number of rotatable bonds is 68. The zero-order valence-corrected chi connectivity index (χ0v) is 58.8. The summed E-state index contributed by atoms with van der Waals surface area (Å²) in [6, 6.07) is 0. The summed E-state index contributed by atoms with van der Waals surface area (Å²) in [5.74, 6) is -0.664. The van der Waals surface area contributed by atoms with Crippen molar-refractivity contribution in [2.45, 2.75) is 368 Å². The Labute approximate surface area is 537 Å². The van der Waals surface area contributed by atoms with Gasteiger partial charge in [0.05, 0.1) is 26.4 Å². The van der Waals surface area contributed by atoms with Crippen LogP contribution < -0.4 is 0 Å². The smallest absolute Gasteiger partial charge is 0.462 e. The number of aliphatic hydroxyl groups is 1. The SMILES string of the molecule is CCCCCCCCCCCCCCCCCC(=O)O[C@H](COC(=O)CCCCCCCCCCCC(C)C)COP(=O)(O)OC[C@@H](O)COP(=O)(O)OC[C@@H](COC(=O)CCCCCCCCCCCC)OC(=O)CCCCCCCCCCC(C)C. The fraction of sp³-hybridized carbons (Fsp3) is 0.942. The molecule has 19 heteroatoms. The third kappa shape index (κ3) is 62.8. The molecule has 88 heavy (non-hydrogen) atoms. The Morgan fingerprint density at radius 1 is 0.307 bits per heavy atom. The van der Waals surface area contributed by atoms with Gasteiger partial charge in [0.15, 0.2) is 12.2 Å². The van der Waals surface area contributed by atoms with E-state index in [1.54, 1.807) is 0 Å². The standard InChI is InChI=1S/C69H134O17P2/c1-7-9-11-13-15-17-19-20-21-22-23-27-35-41-47-53-68(73)85-64(57-80-67(72)52-46-40-34-28-24-25-31-37-43-49-61(3)4)59-83-87(75,76)81-55-63(70)56-82-88(77,78)84-60-65(58-79-66(71)51-45-39-33-26-18-16-14-12-10-8-2)86-69(74)54-48-42-36-30-29-32-38-44-50-62(5)6/h61-65,70H,7-60H2,1-6H3,(H,75,76)(H,77,78)/t63-,64-,65-/m1/s1. The van der Waals surface area contributed by atoms with E-state index in [9.17, 15) is 43.2 Å². The van der Waals surface area contributed by atoms with Crippen molar-refractivity contribution in [1.82, 2.24) is 0 Å². The Balaban J connectivity index is 5.25. The maximum absolute atomic E-state index is 13.0. The van der Waals surface area contributed by atoms with Crippen molar-refractivity contribution in [1.29, 1.82) is 0 Å². The molecule has 0 spiro atoms. The zero-order chi connectivity index (χ0) is 65.0. The van der Waals surface area contributed by atoms with E-state index >= 15 is 0 Å². The Kier molecular flexibility index (Phi) is 59.9. The largest absolute Gasteiger partial charge is 0.472 e. The Morgan fingerprint density at radius 3 is 0.773 bits per heavy atom. The van der Waals surface area contributed by atoms with Crippen molar-refractivity contribution in [3.63, 3.8) is 0 Å². The molecular formula is C69H134O17P2. The third-order valence-electron chi connectivity index (χ3n) is 16.0. The molecule has 17 nitrogen and oxygen atoms in total. The van der Waals surface area contributed by atoms with Crippen molar-refractivity contribution in [3.05, 3.63) is 0 Å². The van der Waals surface area contributed by atoms with Gasteiger partial charge in [-0.3, -0.25) is 37.3 Å². The first-order chi connectivity index (χ1) is 42.4. The highest BCUT2D eigenvalue weighted by Crippen LogP contribution is 2.45. The number of aliphatic hydroxyl groups excluding tert-OH is 1. The molecule has 522 valence electrons. The lowest BCUT2D eigenvalue weighted by atomic mass is 10.0. The second kappa shape index (κ2) is 61.3. The number of hydrogen-bond donors (Lipinski definition) is 3. The minimum Gasteiger partial charge on any atom is -0.462 e. The summed E-state index contributed by atoms with van der Waals surface area (Å²) in [5, 5.41) is 10.6.